The van der Waals surface area contributed by atoms with Gasteiger partial charge < -0.3 is 9.73 Å². The molecule has 2 heterocycles. The van der Waals surface area contributed by atoms with E-state index in [1.165, 1.54) is 0 Å². The van der Waals surface area contributed by atoms with Crippen molar-refractivity contribution in [2.75, 3.05) is 5.32 Å². The van der Waals surface area contributed by atoms with E-state index in [1.54, 1.807) is 4.68 Å². The number of nitrogens with zero attached hydrogens (tertiary/aromatic N) is 4. The number of benzene rings is 2. The van der Waals surface area contributed by atoms with E-state index in [1.807, 2.05) is 70.2 Å². The van der Waals surface area contributed by atoms with Gasteiger partial charge in [0.25, 0.3) is 5.91 Å². The third kappa shape index (κ3) is 4.00. The Morgan fingerprint density at radius 1 is 1.03 bits per heavy atom. The fourth-order valence-electron chi connectivity index (χ4n) is 3.38. The Kier molecular flexibility index (Phi) is 5.18. The van der Waals surface area contributed by atoms with E-state index in [4.69, 9.17) is 4.42 Å². The zero-order valence-electron chi connectivity index (χ0n) is 17.4. The van der Waals surface area contributed by atoms with E-state index in [0.29, 0.717) is 29.6 Å². The van der Waals surface area contributed by atoms with Gasteiger partial charge in [-0.2, -0.15) is 0 Å². The molecule has 30 heavy (non-hydrogen) atoms. The molecule has 0 atom stereocenters. The highest BCUT2D eigenvalue weighted by atomic mass is 16.4. The van der Waals surface area contributed by atoms with Crippen LogP contribution in [0.5, 0.6) is 0 Å². The molecule has 2 aromatic carbocycles. The molecule has 0 aliphatic rings. The second-order valence-corrected chi connectivity index (χ2v) is 7.40. The number of hydrogen-bond acceptors (Lipinski definition) is 5. The summed E-state index contributed by atoms with van der Waals surface area (Å²) in [6.45, 7) is 8.05. The van der Waals surface area contributed by atoms with Crippen molar-refractivity contribution >= 4 is 11.6 Å². The van der Waals surface area contributed by atoms with E-state index in [-0.39, 0.29) is 5.91 Å². The predicted octanol–water partition coefficient (Wildman–Crippen LogP) is 4.47. The number of anilines is 1. The third-order valence-electron chi connectivity index (χ3n) is 4.89. The van der Waals surface area contributed by atoms with Gasteiger partial charge in [-0.3, -0.25) is 4.79 Å². The molecule has 152 valence electrons. The number of aromatic nitrogens is 4. The first-order valence-electron chi connectivity index (χ1n) is 9.72. The zero-order valence-corrected chi connectivity index (χ0v) is 17.4. The maximum atomic E-state index is 12.7. The minimum atomic E-state index is -0.286. The van der Waals surface area contributed by atoms with Crippen molar-refractivity contribution in [3.05, 3.63) is 82.5 Å². The molecule has 7 nitrogen and oxygen atoms in total. The molecule has 0 aliphatic heterocycles. The summed E-state index contributed by atoms with van der Waals surface area (Å²) in [6.07, 6.45) is 0. The summed E-state index contributed by atoms with van der Waals surface area (Å²) in [7, 11) is 0. The number of hydrogen-bond donors (Lipinski definition) is 1. The molecule has 0 fully saturated rings. The SMILES string of the molecule is Cc1cc(C)cc(NC(=O)c2nnn(Cc3nc(-c4ccccc4)oc3C)c2C)c1. The maximum Gasteiger partial charge on any atom is 0.278 e. The average Bonchev–Trinajstić information content (AvgIpc) is 3.25. The van der Waals surface area contributed by atoms with Crippen molar-refractivity contribution in [3.8, 4) is 11.5 Å². The molecule has 7 heteroatoms. The number of carbonyl (C=O) groups excluding carboxylic acids is 1. The fraction of sp³-hybridized carbons (Fsp3) is 0.217. The van der Waals surface area contributed by atoms with Gasteiger partial charge in [-0.25, -0.2) is 9.67 Å². The number of nitrogens with one attached hydrogen (secondary N) is 1. The van der Waals surface area contributed by atoms with Gasteiger partial charge in [0.05, 0.1) is 12.2 Å². The van der Waals surface area contributed by atoms with Crippen molar-refractivity contribution in [1.29, 1.82) is 0 Å². The highest BCUT2D eigenvalue weighted by Gasteiger charge is 2.19. The summed E-state index contributed by atoms with van der Waals surface area (Å²) in [5, 5.41) is 11.2. The topological polar surface area (TPSA) is 85.8 Å². The van der Waals surface area contributed by atoms with Crippen LogP contribution in [-0.2, 0) is 6.54 Å². The van der Waals surface area contributed by atoms with Crippen LogP contribution < -0.4 is 5.32 Å². The second-order valence-electron chi connectivity index (χ2n) is 7.40. The quantitative estimate of drug-likeness (QED) is 0.533. The van der Waals surface area contributed by atoms with Crippen molar-refractivity contribution < 1.29 is 9.21 Å². The van der Waals surface area contributed by atoms with Crippen LogP contribution in [0.1, 0.15) is 38.8 Å². The van der Waals surface area contributed by atoms with Crippen LogP contribution in [0.15, 0.2) is 52.9 Å². The molecule has 2 aromatic heterocycles. The Labute approximate surface area is 174 Å². The molecule has 0 aliphatic carbocycles. The molecule has 0 unspecified atom stereocenters. The molecule has 1 amide bonds. The van der Waals surface area contributed by atoms with E-state index in [2.05, 4.69) is 26.7 Å². The molecule has 1 N–H and O–H groups in total. The van der Waals surface area contributed by atoms with Crippen LogP contribution in [0, 0.1) is 27.7 Å². The summed E-state index contributed by atoms with van der Waals surface area (Å²) in [5.74, 6) is 0.990. The van der Waals surface area contributed by atoms with Crippen LogP contribution in [0.2, 0.25) is 0 Å². The lowest BCUT2D eigenvalue weighted by Crippen LogP contribution is -2.14. The van der Waals surface area contributed by atoms with Gasteiger partial charge >= 0.3 is 0 Å². The summed E-state index contributed by atoms with van der Waals surface area (Å²) in [6, 6.07) is 15.6. The molecular weight excluding hydrogens is 378 g/mol. The Hall–Kier alpha value is -3.74. The Balaban J connectivity index is 1.54. The van der Waals surface area contributed by atoms with Gasteiger partial charge in [-0.15, -0.1) is 5.10 Å². The van der Waals surface area contributed by atoms with E-state index >= 15 is 0 Å². The average molecular weight is 401 g/mol. The first kappa shape index (κ1) is 19.6. The number of amides is 1. The zero-order chi connectivity index (χ0) is 21.3. The largest absolute Gasteiger partial charge is 0.441 e. The van der Waals surface area contributed by atoms with Crippen molar-refractivity contribution in [2.24, 2.45) is 0 Å². The molecule has 0 radical (unpaired) electrons. The van der Waals surface area contributed by atoms with E-state index < -0.39 is 0 Å². The van der Waals surface area contributed by atoms with Gasteiger partial charge in [0.1, 0.15) is 11.5 Å². The predicted molar refractivity (Wildman–Crippen MR) is 114 cm³/mol. The number of rotatable bonds is 5. The van der Waals surface area contributed by atoms with Gasteiger partial charge in [0, 0.05) is 11.3 Å². The first-order chi connectivity index (χ1) is 14.4. The lowest BCUT2D eigenvalue weighted by Gasteiger charge is -2.07. The standard InChI is InChI=1S/C23H23N5O2/c1-14-10-15(2)12-19(11-14)24-22(29)21-16(3)28(27-26-21)13-20-17(4)30-23(25-20)18-8-6-5-7-9-18/h5-12H,13H2,1-4H3,(H,24,29). The van der Waals surface area contributed by atoms with Gasteiger partial charge in [-0.05, 0) is 63.1 Å². The van der Waals surface area contributed by atoms with Crippen LogP contribution in [-0.4, -0.2) is 25.9 Å². The lowest BCUT2D eigenvalue weighted by atomic mass is 10.1. The Morgan fingerprint density at radius 3 is 2.43 bits per heavy atom. The molecule has 0 saturated heterocycles. The van der Waals surface area contributed by atoms with Gasteiger partial charge in [0.15, 0.2) is 5.69 Å². The van der Waals surface area contributed by atoms with E-state index in [0.717, 1.165) is 28.1 Å². The summed E-state index contributed by atoms with van der Waals surface area (Å²) >= 11 is 0. The number of carbonyl (C=O) groups is 1. The Bertz CT molecular complexity index is 1190. The highest BCUT2D eigenvalue weighted by molar-refractivity contribution is 6.03. The van der Waals surface area contributed by atoms with Crippen molar-refractivity contribution in [2.45, 2.75) is 34.2 Å². The highest BCUT2D eigenvalue weighted by Crippen LogP contribution is 2.22. The summed E-state index contributed by atoms with van der Waals surface area (Å²) in [5.41, 5.74) is 5.53. The number of aryl methyl sites for hydroxylation is 3. The molecular formula is C23H23N5O2. The first-order valence-corrected chi connectivity index (χ1v) is 9.72. The minimum absolute atomic E-state index is 0.286. The second kappa shape index (κ2) is 7.94. The summed E-state index contributed by atoms with van der Waals surface area (Å²) in [4.78, 5) is 17.3. The molecule has 4 aromatic rings. The normalized spacial score (nSPS) is 10.9. The molecule has 0 bridgehead atoms. The fourth-order valence-corrected chi connectivity index (χ4v) is 3.38. The summed E-state index contributed by atoms with van der Waals surface area (Å²) < 4.78 is 7.48. The maximum absolute atomic E-state index is 12.7. The van der Waals surface area contributed by atoms with E-state index in [9.17, 15) is 4.79 Å². The Morgan fingerprint density at radius 2 is 1.73 bits per heavy atom. The van der Waals surface area contributed by atoms with Crippen LogP contribution >= 0.6 is 0 Å². The monoisotopic (exact) mass is 401 g/mol. The smallest absolute Gasteiger partial charge is 0.278 e. The van der Waals surface area contributed by atoms with Crippen molar-refractivity contribution in [1.82, 2.24) is 20.0 Å². The third-order valence-corrected chi connectivity index (χ3v) is 4.89. The molecule has 0 spiro atoms. The molecule has 0 saturated carbocycles. The molecule has 4 rings (SSSR count). The van der Waals surface area contributed by atoms with Crippen LogP contribution in [0.25, 0.3) is 11.5 Å². The van der Waals surface area contributed by atoms with Crippen LogP contribution in [0.3, 0.4) is 0 Å². The minimum Gasteiger partial charge on any atom is -0.441 e. The number of oxazole rings is 1. The van der Waals surface area contributed by atoms with Crippen molar-refractivity contribution in [3.63, 3.8) is 0 Å². The van der Waals surface area contributed by atoms with Gasteiger partial charge in [-0.1, -0.05) is 29.5 Å². The van der Waals surface area contributed by atoms with Crippen LogP contribution in [0.4, 0.5) is 5.69 Å². The lowest BCUT2D eigenvalue weighted by molar-refractivity contribution is 0.102. The van der Waals surface area contributed by atoms with Gasteiger partial charge in [0.2, 0.25) is 5.89 Å².